The molecule has 0 aliphatic rings. The minimum absolute atomic E-state index is 0.170. The fourth-order valence-corrected chi connectivity index (χ4v) is 2.28. The first-order valence-corrected chi connectivity index (χ1v) is 7.54. The van der Waals surface area contributed by atoms with Gasteiger partial charge in [-0.05, 0) is 50.3 Å². The second-order valence-corrected chi connectivity index (χ2v) is 6.53. The number of benzene rings is 1. The van der Waals surface area contributed by atoms with Gasteiger partial charge in [0.05, 0.1) is 11.4 Å². The number of tetrazole rings is 1. The number of hydrogen-bond donors (Lipinski definition) is 0. The summed E-state index contributed by atoms with van der Waals surface area (Å²) in [5.74, 6) is -0.116. The lowest BCUT2D eigenvalue weighted by molar-refractivity contribution is -0.151. The summed E-state index contributed by atoms with van der Waals surface area (Å²) in [6, 6.07) is 7.84. The standard InChI is InChI=1S/C14H18N4O2S/c1-10-5-7-11(8-6-10)18-13(15-16-17-18)21-9-12(19)20-14(2,3)4/h5-8H,9H2,1-4H3. The summed E-state index contributed by atoms with van der Waals surface area (Å²) in [6.07, 6.45) is 0. The molecule has 21 heavy (non-hydrogen) atoms. The van der Waals surface area contributed by atoms with E-state index >= 15 is 0 Å². The molecule has 6 nitrogen and oxygen atoms in total. The molecule has 7 heteroatoms. The fourth-order valence-electron chi connectivity index (χ4n) is 1.61. The Morgan fingerprint density at radius 1 is 1.29 bits per heavy atom. The van der Waals surface area contributed by atoms with Gasteiger partial charge in [0, 0.05) is 0 Å². The van der Waals surface area contributed by atoms with E-state index in [1.807, 2.05) is 52.0 Å². The molecule has 0 aliphatic carbocycles. The van der Waals surface area contributed by atoms with Crippen molar-refractivity contribution in [1.29, 1.82) is 0 Å². The predicted molar refractivity (Wildman–Crippen MR) is 80.5 cm³/mol. The Morgan fingerprint density at radius 2 is 1.95 bits per heavy atom. The highest BCUT2D eigenvalue weighted by atomic mass is 32.2. The number of thioether (sulfide) groups is 1. The molecule has 0 saturated carbocycles. The SMILES string of the molecule is Cc1ccc(-n2nnnc2SCC(=O)OC(C)(C)C)cc1. The Morgan fingerprint density at radius 3 is 2.57 bits per heavy atom. The van der Waals surface area contributed by atoms with Crippen molar-refractivity contribution < 1.29 is 9.53 Å². The largest absolute Gasteiger partial charge is 0.459 e. The molecule has 112 valence electrons. The molecule has 1 aromatic heterocycles. The van der Waals surface area contributed by atoms with Crippen molar-refractivity contribution >= 4 is 17.7 Å². The average Bonchev–Trinajstić information content (AvgIpc) is 2.83. The first-order chi connectivity index (χ1) is 9.85. The Labute approximate surface area is 127 Å². The van der Waals surface area contributed by atoms with E-state index in [2.05, 4.69) is 15.5 Å². The van der Waals surface area contributed by atoms with Gasteiger partial charge < -0.3 is 4.74 Å². The van der Waals surface area contributed by atoms with Crippen LogP contribution in [0.25, 0.3) is 5.69 Å². The fraction of sp³-hybridized carbons (Fsp3) is 0.429. The zero-order chi connectivity index (χ0) is 15.5. The number of aryl methyl sites for hydroxylation is 1. The summed E-state index contributed by atoms with van der Waals surface area (Å²) >= 11 is 1.25. The first kappa shape index (κ1) is 15.5. The summed E-state index contributed by atoms with van der Waals surface area (Å²) in [5, 5.41) is 12.1. The molecule has 0 aliphatic heterocycles. The second kappa shape index (κ2) is 6.26. The summed E-state index contributed by atoms with van der Waals surface area (Å²) in [7, 11) is 0. The Kier molecular flexibility index (Phi) is 4.62. The molecule has 0 unspecified atom stereocenters. The maximum Gasteiger partial charge on any atom is 0.316 e. The van der Waals surface area contributed by atoms with E-state index in [4.69, 9.17) is 4.74 Å². The average molecular weight is 306 g/mol. The monoisotopic (exact) mass is 306 g/mol. The van der Waals surface area contributed by atoms with Crippen LogP contribution in [0.15, 0.2) is 29.4 Å². The van der Waals surface area contributed by atoms with Crippen LogP contribution in [0, 0.1) is 6.92 Å². The molecule has 2 aromatic rings. The lowest BCUT2D eigenvalue weighted by Gasteiger charge is -2.19. The third kappa shape index (κ3) is 4.56. The Bertz CT molecular complexity index is 617. The van der Waals surface area contributed by atoms with Crippen LogP contribution in [-0.2, 0) is 9.53 Å². The molecule has 0 fully saturated rings. The molecule has 0 amide bonds. The van der Waals surface area contributed by atoms with Crippen LogP contribution < -0.4 is 0 Å². The maximum atomic E-state index is 11.7. The van der Waals surface area contributed by atoms with Crippen LogP contribution in [0.2, 0.25) is 0 Å². The summed E-state index contributed by atoms with van der Waals surface area (Å²) < 4.78 is 6.87. The third-order valence-electron chi connectivity index (χ3n) is 2.46. The lowest BCUT2D eigenvalue weighted by Crippen LogP contribution is -2.25. The van der Waals surface area contributed by atoms with Crippen LogP contribution in [0.5, 0.6) is 0 Å². The molecule has 0 N–H and O–H groups in total. The second-order valence-electron chi connectivity index (χ2n) is 5.58. The van der Waals surface area contributed by atoms with E-state index in [1.54, 1.807) is 4.68 Å². The van der Waals surface area contributed by atoms with Crippen LogP contribution in [-0.4, -0.2) is 37.5 Å². The Balaban J connectivity index is 2.04. The highest BCUT2D eigenvalue weighted by molar-refractivity contribution is 7.99. The van der Waals surface area contributed by atoms with Crippen molar-refractivity contribution in [2.45, 2.75) is 38.5 Å². The number of esters is 1. The predicted octanol–water partition coefficient (Wildman–Crippen LogP) is 2.40. The van der Waals surface area contributed by atoms with Gasteiger partial charge in [0.25, 0.3) is 0 Å². The molecule has 0 spiro atoms. The van der Waals surface area contributed by atoms with Gasteiger partial charge >= 0.3 is 5.97 Å². The van der Waals surface area contributed by atoms with Gasteiger partial charge in [-0.3, -0.25) is 4.79 Å². The number of carbonyl (C=O) groups is 1. The van der Waals surface area contributed by atoms with Crippen LogP contribution in [0.4, 0.5) is 0 Å². The summed E-state index contributed by atoms with van der Waals surface area (Å²) in [4.78, 5) is 11.7. The number of ether oxygens (including phenoxy) is 1. The molecule has 0 atom stereocenters. The van der Waals surface area contributed by atoms with Crippen LogP contribution in [0.3, 0.4) is 0 Å². The van der Waals surface area contributed by atoms with Crippen molar-refractivity contribution in [2.24, 2.45) is 0 Å². The van der Waals surface area contributed by atoms with E-state index in [-0.39, 0.29) is 11.7 Å². The van der Waals surface area contributed by atoms with E-state index in [0.29, 0.717) is 5.16 Å². The molecule has 1 aromatic carbocycles. The smallest absolute Gasteiger partial charge is 0.316 e. The van der Waals surface area contributed by atoms with Gasteiger partial charge in [-0.1, -0.05) is 29.5 Å². The number of hydrogen-bond acceptors (Lipinski definition) is 6. The minimum atomic E-state index is -0.486. The molecular weight excluding hydrogens is 288 g/mol. The van der Waals surface area contributed by atoms with Gasteiger partial charge in [-0.25, -0.2) is 0 Å². The van der Waals surface area contributed by atoms with E-state index in [1.165, 1.54) is 11.8 Å². The van der Waals surface area contributed by atoms with Gasteiger partial charge in [0.15, 0.2) is 0 Å². The molecule has 0 saturated heterocycles. The zero-order valence-electron chi connectivity index (χ0n) is 12.5. The first-order valence-electron chi connectivity index (χ1n) is 6.55. The summed E-state index contributed by atoms with van der Waals surface area (Å²) in [5.41, 5.74) is 1.53. The number of rotatable bonds is 4. The Hall–Kier alpha value is -1.89. The minimum Gasteiger partial charge on any atom is -0.459 e. The summed E-state index contributed by atoms with van der Waals surface area (Å²) in [6.45, 7) is 7.53. The highest BCUT2D eigenvalue weighted by Crippen LogP contribution is 2.19. The van der Waals surface area contributed by atoms with Crippen LogP contribution in [0.1, 0.15) is 26.3 Å². The van der Waals surface area contributed by atoms with Crippen molar-refractivity contribution in [2.75, 3.05) is 5.75 Å². The normalized spacial score (nSPS) is 11.4. The van der Waals surface area contributed by atoms with Crippen LogP contribution >= 0.6 is 11.8 Å². The zero-order valence-corrected chi connectivity index (χ0v) is 13.3. The lowest BCUT2D eigenvalue weighted by atomic mass is 10.2. The highest BCUT2D eigenvalue weighted by Gasteiger charge is 2.18. The van der Waals surface area contributed by atoms with E-state index in [9.17, 15) is 4.79 Å². The number of carbonyl (C=O) groups excluding carboxylic acids is 1. The van der Waals surface area contributed by atoms with E-state index < -0.39 is 5.60 Å². The van der Waals surface area contributed by atoms with Crippen molar-refractivity contribution in [3.8, 4) is 5.69 Å². The topological polar surface area (TPSA) is 69.9 Å². The third-order valence-corrected chi connectivity index (χ3v) is 3.35. The van der Waals surface area contributed by atoms with Gasteiger partial charge in [-0.15, -0.1) is 5.10 Å². The van der Waals surface area contributed by atoms with Gasteiger partial charge in [0.1, 0.15) is 5.60 Å². The number of aromatic nitrogens is 4. The van der Waals surface area contributed by atoms with E-state index in [0.717, 1.165) is 11.3 Å². The number of nitrogens with zero attached hydrogens (tertiary/aromatic N) is 4. The molecule has 1 heterocycles. The molecule has 0 radical (unpaired) electrons. The van der Waals surface area contributed by atoms with Crippen molar-refractivity contribution in [3.63, 3.8) is 0 Å². The van der Waals surface area contributed by atoms with Crippen molar-refractivity contribution in [1.82, 2.24) is 20.2 Å². The molecule has 0 bridgehead atoms. The van der Waals surface area contributed by atoms with Crippen molar-refractivity contribution in [3.05, 3.63) is 29.8 Å². The molecular formula is C14H18N4O2S. The quantitative estimate of drug-likeness (QED) is 0.638. The maximum absolute atomic E-state index is 11.7. The van der Waals surface area contributed by atoms with Gasteiger partial charge in [0.2, 0.25) is 5.16 Å². The van der Waals surface area contributed by atoms with Gasteiger partial charge in [-0.2, -0.15) is 4.68 Å². The molecule has 2 rings (SSSR count).